The first kappa shape index (κ1) is 14.7. The van der Waals surface area contributed by atoms with Crippen LogP contribution < -0.4 is 5.32 Å². The van der Waals surface area contributed by atoms with Crippen LogP contribution in [0.4, 0.5) is 0 Å². The molecule has 2 aliphatic carbocycles. The number of rotatable bonds is 4. The van der Waals surface area contributed by atoms with Gasteiger partial charge in [0.1, 0.15) is 0 Å². The fraction of sp³-hybridized carbons (Fsp3) is 0.647. The summed E-state index contributed by atoms with van der Waals surface area (Å²) in [5.41, 5.74) is 1.22. The predicted molar refractivity (Wildman–Crippen MR) is 86.4 cm³/mol. The van der Waals surface area contributed by atoms with Gasteiger partial charge in [0.25, 0.3) is 0 Å². The first-order valence-corrected chi connectivity index (χ1v) is 8.51. The molecular formula is C17H23Cl2N. The van der Waals surface area contributed by atoms with Crippen LogP contribution in [0.3, 0.4) is 0 Å². The Kier molecular flexibility index (Phi) is 4.31. The Morgan fingerprint density at radius 3 is 2.50 bits per heavy atom. The highest BCUT2D eigenvalue weighted by Gasteiger charge is 2.41. The number of fused-ring (bicyclic) bond motifs is 2. The number of hydrogen-bond donors (Lipinski definition) is 1. The molecule has 2 fully saturated rings. The molecule has 1 aromatic carbocycles. The molecule has 1 nitrogen and oxygen atoms in total. The molecule has 0 aliphatic heterocycles. The number of halogens is 2. The van der Waals surface area contributed by atoms with Crippen LogP contribution in [-0.4, -0.2) is 6.04 Å². The summed E-state index contributed by atoms with van der Waals surface area (Å²) in [7, 11) is 0. The molecule has 1 aromatic rings. The Bertz CT molecular complexity index is 488. The van der Waals surface area contributed by atoms with Gasteiger partial charge in [-0.1, -0.05) is 35.7 Å². The quantitative estimate of drug-likeness (QED) is 0.777. The summed E-state index contributed by atoms with van der Waals surface area (Å²) in [6, 6.07) is 6.84. The van der Waals surface area contributed by atoms with Gasteiger partial charge in [-0.2, -0.15) is 0 Å². The van der Waals surface area contributed by atoms with E-state index in [4.69, 9.17) is 23.2 Å². The molecule has 5 atom stereocenters. The molecule has 110 valence electrons. The third kappa shape index (κ3) is 2.86. The normalized spacial score (nSPS) is 31.5. The first-order chi connectivity index (χ1) is 9.54. The minimum absolute atomic E-state index is 0.318. The second-order valence-electron chi connectivity index (χ2n) is 6.69. The summed E-state index contributed by atoms with van der Waals surface area (Å²) in [5, 5.41) is 5.04. The van der Waals surface area contributed by atoms with Crippen LogP contribution in [0.25, 0.3) is 0 Å². The van der Waals surface area contributed by atoms with Crippen LogP contribution in [0.2, 0.25) is 10.0 Å². The molecule has 0 radical (unpaired) electrons. The van der Waals surface area contributed by atoms with Crippen molar-refractivity contribution >= 4 is 23.2 Å². The SMILES string of the molecule is CC(NC(C)C1CC2CCC1C2)c1ccc(Cl)c(Cl)c1. The first-order valence-electron chi connectivity index (χ1n) is 7.75. The van der Waals surface area contributed by atoms with E-state index in [1.807, 2.05) is 12.1 Å². The summed E-state index contributed by atoms with van der Waals surface area (Å²) in [4.78, 5) is 0. The van der Waals surface area contributed by atoms with Crippen molar-refractivity contribution in [3.05, 3.63) is 33.8 Å². The van der Waals surface area contributed by atoms with Crippen LogP contribution in [0.1, 0.15) is 51.1 Å². The predicted octanol–water partition coefficient (Wildman–Crippen LogP) is 5.47. The van der Waals surface area contributed by atoms with Crippen LogP contribution in [0, 0.1) is 17.8 Å². The molecule has 2 bridgehead atoms. The second kappa shape index (κ2) is 5.87. The maximum absolute atomic E-state index is 6.11. The fourth-order valence-corrected chi connectivity index (χ4v) is 4.61. The minimum atomic E-state index is 0.318. The third-order valence-corrected chi connectivity index (χ3v) is 6.13. The lowest BCUT2D eigenvalue weighted by molar-refractivity contribution is 0.248. The highest BCUT2D eigenvalue weighted by atomic mass is 35.5. The van der Waals surface area contributed by atoms with Crippen LogP contribution in [0.15, 0.2) is 18.2 Å². The van der Waals surface area contributed by atoms with Gasteiger partial charge in [-0.3, -0.25) is 0 Å². The van der Waals surface area contributed by atoms with Crippen molar-refractivity contribution in [3.63, 3.8) is 0 Å². The molecule has 3 heteroatoms. The van der Waals surface area contributed by atoms with E-state index in [2.05, 4.69) is 25.2 Å². The molecule has 0 heterocycles. The highest BCUT2D eigenvalue weighted by molar-refractivity contribution is 6.42. The lowest BCUT2D eigenvalue weighted by Gasteiger charge is -2.31. The second-order valence-corrected chi connectivity index (χ2v) is 7.50. The van der Waals surface area contributed by atoms with E-state index in [9.17, 15) is 0 Å². The Hall–Kier alpha value is -0.240. The molecule has 0 amide bonds. The zero-order valence-corrected chi connectivity index (χ0v) is 13.7. The molecule has 2 saturated carbocycles. The molecule has 20 heavy (non-hydrogen) atoms. The lowest BCUT2D eigenvalue weighted by Crippen LogP contribution is -2.37. The fourth-order valence-electron chi connectivity index (χ4n) is 4.30. The van der Waals surface area contributed by atoms with E-state index in [1.54, 1.807) is 0 Å². The lowest BCUT2D eigenvalue weighted by atomic mass is 9.83. The number of benzene rings is 1. The van der Waals surface area contributed by atoms with Crippen molar-refractivity contribution in [2.45, 2.75) is 51.6 Å². The van der Waals surface area contributed by atoms with E-state index in [0.29, 0.717) is 22.1 Å². The Labute approximate surface area is 132 Å². The maximum Gasteiger partial charge on any atom is 0.0595 e. The van der Waals surface area contributed by atoms with Gasteiger partial charge in [0.2, 0.25) is 0 Å². The number of hydrogen-bond acceptors (Lipinski definition) is 1. The molecule has 0 saturated heterocycles. The van der Waals surface area contributed by atoms with Crippen LogP contribution in [-0.2, 0) is 0 Å². The monoisotopic (exact) mass is 311 g/mol. The summed E-state index contributed by atoms with van der Waals surface area (Å²) in [5.74, 6) is 2.83. The summed E-state index contributed by atoms with van der Waals surface area (Å²) in [6.45, 7) is 4.56. The number of nitrogens with one attached hydrogen (secondary N) is 1. The van der Waals surface area contributed by atoms with Crippen molar-refractivity contribution in [1.82, 2.24) is 5.32 Å². The Morgan fingerprint density at radius 1 is 1.10 bits per heavy atom. The Morgan fingerprint density at radius 2 is 1.90 bits per heavy atom. The van der Waals surface area contributed by atoms with Crippen LogP contribution in [0.5, 0.6) is 0 Å². The molecule has 1 N–H and O–H groups in total. The van der Waals surface area contributed by atoms with Gasteiger partial charge in [-0.25, -0.2) is 0 Å². The van der Waals surface area contributed by atoms with Crippen molar-refractivity contribution in [2.24, 2.45) is 17.8 Å². The largest absolute Gasteiger partial charge is 0.307 e. The maximum atomic E-state index is 6.11. The van der Waals surface area contributed by atoms with Crippen molar-refractivity contribution in [1.29, 1.82) is 0 Å². The highest BCUT2D eigenvalue weighted by Crippen LogP contribution is 2.49. The van der Waals surface area contributed by atoms with E-state index in [1.165, 1.54) is 31.2 Å². The summed E-state index contributed by atoms with van der Waals surface area (Å²) < 4.78 is 0. The zero-order valence-electron chi connectivity index (χ0n) is 12.2. The standard InChI is InChI=1S/C17H23Cl2N/c1-10(13-5-6-16(18)17(19)9-13)20-11(2)15-8-12-3-4-14(15)7-12/h5-6,9-12,14-15,20H,3-4,7-8H2,1-2H3. The van der Waals surface area contributed by atoms with Crippen molar-refractivity contribution < 1.29 is 0 Å². The van der Waals surface area contributed by atoms with Gasteiger partial charge < -0.3 is 5.32 Å². The van der Waals surface area contributed by atoms with Gasteiger partial charge >= 0.3 is 0 Å². The van der Waals surface area contributed by atoms with Gasteiger partial charge in [0, 0.05) is 12.1 Å². The average Bonchev–Trinajstić information content (AvgIpc) is 3.04. The molecule has 3 rings (SSSR count). The Balaban J connectivity index is 1.63. The van der Waals surface area contributed by atoms with E-state index >= 15 is 0 Å². The topological polar surface area (TPSA) is 12.0 Å². The van der Waals surface area contributed by atoms with E-state index in [0.717, 1.165) is 17.8 Å². The van der Waals surface area contributed by atoms with Gasteiger partial charge in [-0.15, -0.1) is 0 Å². The summed E-state index contributed by atoms with van der Waals surface area (Å²) >= 11 is 12.1. The van der Waals surface area contributed by atoms with Gasteiger partial charge in [0.05, 0.1) is 10.0 Å². The molecule has 0 spiro atoms. The molecule has 5 unspecified atom stereocenters. The van der Waals surface area contributed by atoms with Crippen molar-refractivity contribution in [2.75, 3.05) is 0 Å². The average molecular weight is 312 g/mol. The third-order valence-electron chi connectivity index (χ3n) is 5.39. The summed E-state index contributed by atoms with van der Waals surface area (Å²) in [6.07, 6.45) is 5.81. The van der Waals surface area contributed by atoms with Crippen molar-refractivity contribution in [3.8, 4) is 0 Å². The smallest absolute Gasteiger partial charge is 0.0595 e. The molecular weight excluding hydrogens is 289 g/mol. The van der Waals surface area contributed by atoms with Crippen LogP contribution >= 0.6 is 23.2 Å². The minimum Gasteiger partial charge on any atom is -0.307 e. The zero-order chi connectivity index (χ0) is 14.3. The van der Waals surface area contributed by atoms with Gasteiger partial charge in [-0.05, 0) is 68.6 Å². The molecule has 0 aromatic heterocycles. The molecule has 2 aliphatic rings. The van der Waals surface area contributed by atoms with E-state index < -0.39 is 0 Å². The van der Waals surface area contributed by atoms with E-state index in [-0.39, 0.29) is 0 Å². The van der Waals surface area contributed by atoms with Gasteiger partial charge in [0.15, 0.2) is 0 Å².